The molecule has 39 heavy (non-hydrogen) atoms. The van der Waals surface area contributed by atoms with E-state index in [1.165, 1.54) is 76.3 Å². The summed E-state index contributed by atoms with van der Waals surface area (Å²) in [6.45, 7) is 19.0. The van der Waals surface area contributed by atoms with Crippen molar-refractivity contribution in [2.75, 3.05) is 0 Å². The Morgan fingerprint density at radius 2 is 1.51 bits per heavy atom. The van der Waals surface area contributed by atoms with Gasteiger partial charge in [-0.15, -0.1) is 0 Å². The first-order valence-corrected chi connectivity index (χ1v) is 17.7. The van der Waals surface area contributed by atoms with Crippen LogP contribution in [-0.4, -0.2) is 17.5 Å². The monoisotopic (exact) mass is 528 g/mol. The lowest BCUT2D eigenvalue weighted by atomic mass is 9.86. The van der Waals surface area contributed by atoms with Crippen molar-refractivity contribution in [3.05, 3.63) is 71.5 Å². The first kappa shape index (κ1) is 24.5. The number of benzene rings is 4. The van der Waals surface area contributed by atoms with Crippen molar-refractivity contribution in [2.24, 2.45) is 12.5 Å². The molecule has 3 heterocycles. The fourth-order valence-corrected chi connectivity index (χ4v) is 8.12. The molecule has 0 aliphatic carbocycles. The molecule has 0 atom stereocenters. The van der Waals surface area contributed by atoms with Gasteiger partial charge in [-0.25, -0.2) is 4.57 Å². The molecule has 0 unspecified atom stereocenters. The van der Waals surface area contributed by atoms with Crippen molar-refractivity contribution >= 4 is 73.2 Å². The van der Waals surface area contributed by atoms with E-state index in [4.69, 9.17) is 4.98 Å². The van der Waals surface area contributed by atoms with Crippen LogP contribution < -0.4 is 9.75 Å². The van der Waals surface area contributed by atoms with E-state index < -0.39 is 8.07 Å². The fraction of sp³-hybridized carbons (Fsp3) is 0.314. The summed E-state index contributed by atoms with van der Waals surface area (Å²) >= 11 is 0. The Balaban J connectivity index is 1.79. The smallest absolute Gasteiger partial charge is 0.287 e. The van der Waals surface area contributed by atoms with Gasteiger partial charge in [0.15, 0.2) is 5.52 Å². The quantitative estimate of drug-likeness (QED) is 0.0961. The predicted molar refractivity (Wildman–Crippen MR) is 171 cm³/mol. The van der Waals surface area contributed by atoms with E-state index in [1.807, 2.05) is 6.33 Å². The van der Waals surface area contributed by atoms with Crippen LogP contribution in [0.25, 0.3) is 59.9 Å². The molecule has 0 N–H and O–H groups in total. The zero-order chi connectivity index (χ0) is 27.6. The highest BCUT2D eigenvalue weighted by atomic mass is 28.3. The highest BCUT2D eigenvalue weighted by molar-refractivity contribution is 6.88. The number of rotatable bonds is 2. The molecule has 0 amide bonds. The van der Waals surface area contributed by atoms with Crippen LogP contribution >= 0.6 is 0 Å². The largest absolute Gasteiger partial charge is 0.307 e. The predicted octanol–water partition coefficient (Wildman–Crippen LogP) is 8.11. The fourth-order valence-electron chi connectivity index (χ4n) is 6.97. The van der Waals surface area contributed by atoms with Gasteiger partial charge in [-0.1, -0.05) is 75.9 Å². The summed E-state index contributed by atoms with van der Waals surface area (Å²) in [5, 5.41) is 9.48. The number of hydrogen-bond acceptors (Lipinski definition) is 1. The van der Waals surface area contributed by atoms with Crippen LogP contribution in [0.5, 0.6) is 0 Å². The minimum atomic E-state index is -1.50. The molecule has 196 valence electrons. The summed E-state index contributed by atoms with van der Waals surface area (Å²) in [6, 6.07) is 18.9. The summed E-state index contributed by atoms with van der Waals surface area (Å²) in [7, 11) is 0.656. The van der Waals surface area contributed by atoms with Gasteiger partial charge in [0.25, 0.3) is 6.33 Å². The van der Waals surface area contributed by atoms with Crippen molar-refractivity contribution in [1.82, 2.24) is 9.38 Å². The summed E-state index contributed by atoms with van der Waals surface area (Å²) in [5.41, 5.74) is 10.7. The lowest BCUT2D eigenvalue weighted by molar-refractivity contribution is -0.646. The van der Waals surface area contributed by atoms with Crippen LogP contribution in [0, 0.1) is 19.3 Å². The van der Waals surface area contributed by atoms with Crippen molar-refractivity contribution in [3.8, 4) is 0 Å². The number of aromatic nitrogens is 3. The summed E-state index contributed by atoms with van der Waals surface area (Å²) < 4.78 is 4.83. The second-order valence-corrected chi connectivity index (χ2v) is 19.0. The molecule has 0 aliphatic heterocycles. The van der Waals surface area contributed by atoms with Crippen LogP contribution in [-0.2, 0) is 13.5 Å². The van der Waals surface area contributed by atoms with E-state index in [0.29, 0.717) is 0 Å². The third-order valence-corrected chi connectivity index (χ3v) is 10.8. The van der Waals surface area contributed by atoms with Gasteiger partial charge in [-0.05, 0) is 76.3 Å². The maximum atomic E-state index is 4.89. The minimum Gasteiger partial charge on any atom is -0.307 e. The molecule has 0 saturated heterocycles. The van der Waals surface area contributed by atoms with Crippen LogP contribution in [0.15, 0.2) is 54.9 Å². The minimum absolute atomic E-state index is 0.247. The maximum Gasteiger partial charge on any atom is 0.287 e. The standard InChI is InChI=1S/C35H38N3Si/c1-20-27-16-22(18-35(3,4)5)10-12-24(27)21(2)32-30(20)34-31-28(36-19-37(34)6)15-14-26-25-13-11-23(39(7,8)9)17-29(25)38(32)33(26)31/h10-17,19H,18H2,1-9H3/q+1. The van der Waals surface area contributed by atoms with Gasteiger partial charge in [-0.2, -0.15) is 0 Å². The van der Waals surface area contributed by atoms with Gasteiger partial charge in [0.1, 0.15) is 5.52 Å². The molecule has 0 saturated carbocycles. The van der Waals surface area contributed by atoms with E-state index in [1.54, 1.807) is 0 Å². The number of nitrogens with zero attached hydrogens (tertiary/aromatic N) is 3. The maximum absolute atomic E-state index is 4.89. The Hall–Kier alpha value is -3.50. The van der Waals surface area contributed by atoms with Crippen molar-refractivity contribution in [1.29, 1.82) is 0 Å². The molecular formula is C35H38N3Si+. The molecule has 0 radical (unpaired) electrons. The van der Waals surface area contributed by atoms with E-state index in [9.17, 15) is 0 Å². The molecule has 7 aromatic rings. The normalized spacial score (nSPS) is 13.4. The Kier molecular flexibility index (Phi) is 4.90. The third-order valence-electron chi connectivity index (χ3n) is 8.79. The van der Waals surface area contributed by atoms with Crippen LogP contribution in [0.1, 0.15) is 37.5 Å². The van der Waals surface area contributed by atoms with Gasteiger partial charge >= 0.3 is 0 Å². The molecule has 0 aliphatic rings. The zero-order valence-corrected chi connectivity index (χ0v) is 25.7. The molecule has 4 aromatic carbocycles. The second kappa shape index (κ2) is 7.79. The summed E-state index contributed by atoms with van der Waals surface area (Å²) in [6.07, 6.45) is 3.06. The van der Waals surface area contributed by atoms with Crippen molar-refractivity contribution in [2.45, 2.75) is 60.7 Å². The van der Waals surface area contributed by atoms with Crippen molar-refractivity contribution in [3.63, 3.8) is 0 Å². The molecule has 3 nitrogen and oxygen atoms in total. The van der Waals surface area contributed by atoms with E-state index in [2.05, 4.69) is 119 Å². The van der Waals surface area contributed by atoms with Gasteiger partial charge in [0, 0.05) is 10.8 Å². The first-order valence-electron chi connectivity index (χ1n) is 14.2. The first-order chi connectivity index (χ1) is 18.3. The van der Waals surface area contributed by atoms with E-state index in [0.717, 1.165) is 11.9 Å². The number of pyridine rings is 1. The lowest BCUT2D eigenvalue weighted by Gasteiger charge is -2.21. The Morgan fingerprint density at radius 1 is 0.795 bits per heavy atom. The molecule has 4 heteroatoms. The summed E-state index contributed by atoms with van der Waals surface area (Å²) in [4.78, 5) is 4.89. The summed E-state index contributed by atoms with van der Waals surface area (Å²) in [5.74, 6) is 0. The van der Waals surface area contributed by atoms with E-state index in [-0.39, 0.29) is 5.41 Å². The Bertz CT molecular complexity index is 2140. The van der Waals surface area contributed by atoms with Crippen LogP contribution in [0.4, 0.5) is 0 Å². The van der Waals surface area contributed by atoms with E-state index >= 15 is 0 Å². The topological polar surface area (TPSA) is 21.2 Å². The van der Waals surface area contributed by atoms with Gasteiger partial charge in [0.2, 0.25) is 0 Å². The molecule has 7 rings (SSSR count). The lowest BCUT2D eigenvalue weighted by Crippen LogP contribution is -2.37. The molecule has 0 bridgehead atoms. The van der Waals surface area contributed by atoms with Gasteiger partial charge in [0.05, 0.1) is 42.4 Å². The molecular weight excluding hydrogens is 490 g/mol. The van der Waals surface area contributed by atoms with Gasteiger partial charge < -0.3 is 4.40 Å². The Labute approximate surface area is 231 Å². The highest BCUT2D eigenvalue weighted by Crippen LogP contribution is 2.43. The number of fused-ring (bicyclic) bond motifs is 7. The molecule has 3 aromatic heterocycles. The third kappa shape index (κ3) is 3.40. The Morgan fingerprint density at radius 3 is 2.23 bits per heavy atom. The van der Waals surface area contributed by atoms with Gasteiger partial charge in [-0.3, -0.25) is 0 Å². The molecule has 0 spiro atoms. The zero-order valence-electron chi connectivity index (χ0n) is 24.7. The average Bonchev–Trinajstić information content (AvgIpc) is 3.20. The number of hydrogen-bond donors (Lipinski definition) is 0. The molecule has 0 fully saturated rings. The van der Waals surface area contributed by atoms with Crippen LogP contribution in [0.3, 0.4) is 0 Å². The van der Waals surface area contributed by atoms with Crippen LogP contribution in [0.2, 0.25) is 19.6 Å². The second-order valence-electron chi connectivity index (χ2n) is 14.0. The average molecular weight is 529 g/mol. The SMILES string of the molecule is Cc1c2cc(CC(C)(C)C)ccc2c(C)c2c1c1c3c(ccc4c5ccc([Si](C)(C)C)cc5n2c43)nc[n+]1C. The van der Waals surface area contributed by atoms with Crippen molar-refractivity contribution < 1.29 is 4.57 Å². The highest BCUT2D eigenvalue weighted by Gasteiger charge is 2.27. The number of aryl methyl sites for hydroxylation is 3.